The van der Waals surface area contributed by atoms with Crippen LogP contribution in [0, 0.1) is 6.92 Å². The van der Waals surface area contributed by atoms with Crippen LogP contribution < -0.4 is 5.32 Å². The molecule has 1 N–H and O–H groups in total. The second-order valence-corrected chi connectivity index (χ2v) is 5.43. The van der Waals surface area contributed by atoms with Crippen molar-refractivity contribution >= 4 is 23.2 Å². The Morgan fingerprint density at radius 2 is 1.83 bits per heavy atom. The van der Waals surface area contributed by atoms with E-state index in [9.17, 15) is 9.59 Å². The Hall–Kier alpha value is -2.76. The molecule has 0 aliphatic heterocycles. The SMILES string of the molecule is CCN(CC)C(=O)c1cc(Nc2cccc(C(C)=O)c2)nc(C)n1. The lowest BCUT2D eigenvalue weighted by atomic mass is 10.1. The van der Waals surface area contributed by atoms with Gasteiger partial charge in [0, 0.05) is 30.4 Å². The average molecular weight is 326 g/mol. The number of carbonyl (C=O) groups is 2. The molecule has 1 aromatic carbocycles. The summed E-state index contributed by atoms with van der Waals surface area (Å²) in [5.41, 5.74) is 1.71. The van der Waals surface area contributed by atoms with Crippen molar-refractivity contribution in [2.75, 3.05) is 18.4 Å². The monoisotopic (exact) mass is 326 g/mol. The predicted octanol–water partition coefficient (Wildman–Crippen LogP) is 3.21. The molecule has 6 nitrogen and oxygen atoms in total. The van der Waals surface area contributed by atoms with Crippen LogP contribution in [0.4, 0.5) is 11.5 Å². The molecule has 0 saturated heterocycles. The first-order valence-corrected chi connectivity index (χ1v) is 7.97. The minimum Gasteiger partial charge on any atom is -0.340 e. The zero-order valence-electron chi connectivity index (χ0n) is 14.5. The lowest BCUT2D eigenvalue weighted by Gasteiger charge is -2.18. The smallest absolute Gasteiger partial charge is 0.272 e. The van der Waals surface area contributed by atoms with Gasteiger partial charge < -0.3 is 10.2 Å². The molecule has 0 aliphatic rings. The van der Waals surface area contributed by atoms with Gasteiger partial charge in [-0.15, -0.1) is 0 Å². The summed E-state index contributed by atoms with van der Waals surface area (Å²) in [7, 11) is 0. The third-order valence-electron chi connectivity index (χ3n) is 3.65. The van der Waals surface area contributed by atoms with Crippen molar-refractivity contribution in [3.05, 3.63) is 47.4 Å². The van der Waals surface area contributed by atoms with E-state index < -0.39 is 0 Å². The number of amides is 1. The zero-order valence-corrected chi connectivity index (χ0v) is 14.5. The van der Waals surface area contributed by atoms with Crippen molar-refractivity contribution in [3.63, 3.8) is 0 Å². The summed E-state index contributed by atoms with van der Waals surface area (Å²) in [6.07, 6.45) is 0. The highest BCUT2D eigenvalue weighted by Gasteiger charge is 2.16. The topological polar surface area (TPSA) is 75.2 Å². The second-order valence-electron chi connectivity index (χ2n) is 5.43. The highest BCUT2D eigenvalue weighted by atomic mass is 16.2. The maximum Gasteiger partial charge on any atom is 0.272 e. The van der Waals surface area contributed by atoms with Crippen LogP contribution in [0.25, 0.3) is 0 Å². The van der Waals surface area contributed by atoms with E-state index in [4.69, 9.17) is 0 Å². The molecule has 0 unspecified atom stereocenters. The van der Waals surface area contributed by atoms with Gasteiger partial charge in [0.05, 0.1) is 0 Å². The Bertz CT molecular complexity index is 754. The van der Waals surface area contributed by atoms with Crippen molar-refractivity contribution in [2.24, 2.45) is 0 Å². The molecule has 126 valence electrons. The summed E-state index contributed by atoms with van der Waals surface area (Å²) < 4.78 is 0. The third-order valence-corrected chi connectivity index (χ3v) is 3.65. The first kappa shape index (κ1) is 17.6. The van der Waals surface area contributed by atoms with Crippen LogP contribution in [0.3, 0.4) is 0 Å². The highest BCUT2D eigenvalue weighted by molar-refractivity contribution is 5.95. The molecule has 0 atom stereocenters. The quantitative estimate of drug-likeness (QED) is 0.825. The van der Waals surface area contributed by atoms with Gasteiger partial charge in [0.1, 0.15) is 17.3 Å². The van der Waals surface area contributed by atoms with Crippen LogP contribution in [0.5, 0.6) is 0 Å². The highest BCUT2D eigenvalue weighted by Crippen LogP contribution is 2.18. The molecule has 0 fully saturated rings. The summed E-state index contributed by atoms with van der Waals surface area (Å²) in [6, 6.07) is 8.79. The Labute approximate surface area is 141 Å². The van der Waals surface area contributed by atoms with E-state index in [1.165, 1.54) is 6.92 Å². The molecule has 24 heavy (non-hydrogen) atoms. The lowest BCUT2D eigenvalue weighted by Crippen LogP contribution is -2.31. The number of hydrogen-bond donors (Lipinski definition) is 1. The van der Waals surface area contributed by atoms with Gasteiger partial charge in [-0.05, 0) is 39.8 Å². The number of benzene rings is 1. The van der Waals surface area contributed by atoms with Gasteiger partial charge in [0.15, 0.2) is 5.78 Å². The van der Waals surface area contributed by atoms with Crippen LogP contribution >= 0.6 is 0 Å². The molecular formula is C18H22N4O2. The van der Waals surface area contributed by atoms with Crippen molar-refractivity contribution in [1.29, 1.82) is 0 Å². The zero-order chi connectivity index (χ0) is 17.7. The molecule has 0 aliphatic carbocycles. The minimum atomic E-state index is -0.119. The maximum atomic E-state index is 12.5. The molecule has 0 spiro atoms. The summed E-state index contributed by atoms with van der Waals surface area (Å²) in [5, 5.41) is 3.14. The normalized spacial score (nSPS) is 10.3. The fraction of sp³-hybridized carbons (Fsp3) is 0.333. The summed E-state index contributed by atoms with van der Waals surface area (Å²) in [4.78, 5) is 34.2. The first-order valence-electron chi connectivity index (χ1n) is 7.97. The Morgan fingerprint density at radius 1 is 1.12 bits per heavy atom. The summed E-state index contributed by atoms with van der Waals surface area (Å²) >= 11 is 0. The Kier molecular flexibility index (Phi) is 5.63. The largest absolute Gasteiger partial charge is 0.340 e. The maximum absolute atomic E-state index is 12.5. The van der Waals surface area contributed by atoms with Gasteiger partial charge in [0.2, 0.25) is 0 Å². The number of ketones is 1. The fourth-order valence-electron chi connectivity index (χ4n) is 2.38. The third kappa shape index (κ3) is 4.16. The number of aromatic nitrogens is 2. The lowest BCUT2D eigenvalue weighted by molar-refractivity contribution is 0.0766. The fourth-order valence-corrected chi connectivity index (χ4v) is 2.38. The molecular weight excluding hydrogens is 304 g/mol. The van der Waals surface area contributed by atoms with E-state index in [1.807, 2.05) is 19.9 Å². The molecule has 6 heteroatoms. The second kappa shape index (κ2) is 7.68. The molecule has 1 aromatic heterocycles. The molecule has 1 amide bonds. The molecule has 2 rings (SSSR count). The molecule has 2 aromatic rings. The van der Waals surface area contributed by atoms with E-state index >= 15 is 0 Å². The number of nitrogens with zero attached hydrogens (tertiary/aromatic N) is 3. The van der Waals surface area contributed by atoms with Crippen molar-refractivity contribution < 1.29 is 9.59 Å². The van der Waals surface area contributed by atoms with Crippen molar-refractivity contribution in [1.82, 2.24) is 14.9 Å². The summed E-state index contributed by atoms with van der Waals surface area (Å²) in [6.45, 7) is 8.39. The average Bonchev–Trinajstić information content (AvgIpc) is 2.55. The number of aryl methyl sites for hydroxylation is 1. The van der Waals surface area contributed by atoms with Gasteiger partial charge in [-0.25, -0.2) is 9.97 Å². The van der Waals surface area contributed by atoms with E-state index in [0.717, 1.165) is 5.69 Å². The Balaban J connectivity index is 2.30. The molecule has 0 bridgehead atoms. The standard InChI is InChI=1S/C18H22N4O2/c1-5-22(6-2)18(24)16-11-17(20-13(4)19-16)21-15-9-7-8-14(10-15)12(3)23/h7-11H,5-6H2,1-4H3,(H,19,20,21). The van der Waals surface area contributed by atoms with Gasteiger partial charge in [-0.3, -0.25) is 9.59 Å². The van der Waals surface area contributed by atoms with Crippen LogP contribution in [0.2, 0.25) is 0 Å². The van der Waals surface area contributed by atoms with Gasteiger partial charge in [-0.2, -0.15) is 0 Å². The van der Waals surface area contributed by atoms with Crippen molar-refractivity contribution in [2.45, 2.75) is 27.7 Å². The van der Waals surface area contributed by atoms with Crippen molar-refractivity contribution in [3.8, 4) is 0 Å². The number of hydrogen-bond acceptors (Lipinski definition) is 5. The van der Waals surface area contributed by atoms with Gasteiger partial charge in [0.25, 0.3) is 5.91 Å². The van der Waals surface area contributed by atoms with E-state index in [-0.39, 0.29) is 11.7 Å². The number of anilines is 2. The van der Waals surface area contributed by atoms with Crippen LogP contribution in [-0.2, 0) is 0 Å². The number of carbonyl (C=O) groups excluding carboxylic acids is 2. The first-order chi connectivity index (χ1) is 11.4. The van der Waals surface area contributed by atoms with Crippen LogP contribution in [0.1, 0.15) is 47.4 Å². The van der Waals surface area contributed by atoms with Crippen LogP contribution in [0.15, 0.2) is 30.3 Å². The van der Waals surface area contributed by atoms with E-state index in [1.54, 1.807) is 36.1 Å². The number of Topliss-reactive ketones (excluding diaryl/α,β-unsaturated/α-hetero) is 1. The predicted molar refractivity (Wildman–Crippen MR) is 93.7 cm³/mol. The van der Waals surface area contributed by atoms with E-state index in [0.29, 0.717) is 36.0 Å². The molecule has 1 heterocycles. The Morgan fingerprint density at radius 3 is 2.46 bits per heavy atom. The molecule has 0 radical (unpaired) electrons. The number of nitrogens with one attached hydrogen (secondary N) is 1. The van der Waals surface area contributed by atoms with Gasteiger partial charge >= 0.3 is 0 Å². The molecule has 0 saturated carbocycles. The summed E-state index contributed by atoms with van der Waals surface area (Å²) in [5.74, 6) is 0.915. The van der Waals surface area contributed by atoms with Crippen LogP contribution in [-0.4, -0.2) is 39.6 Å². The minimum absolute atomic E-state index is 0.00471. The van der Waals surface area contributed by atoms with Gasteiger partial charge in [-0.1, -0.05) is 12.1 Å². The van der Waals surface area contributed by atoms with E-state index in [2.05, 4.69) is 15.3 Å². The number of rotatable bonds is 6.